The highest BCUT2D eigenvalue weighted by atomic mass is 16.5. The first-order valence-electron chi connectivity index (χ1n) is 11.6. The largest absolute Gasteiger partial charge is 0.505 e. The number of aryl methyl sites for hydroxylation is 1. The van der Waals surface area contributed by atoms with Crippen molar-refractivity contribution in [1.29, 1.82) is 0 Å². The second kappa shape index (κ2) is 8.57. The summed E-state index contributed by atoms with van der Waals surface area (Å²) in [7, 11) is 0. The number of carbonyl (C=O) groups is 1. The van der Waals surface area contributed by atoms with E-state index in [2.05, 4.69) is 28.4 Å². The van der Waals surface area contributed by atoms with Gasteiger partial charge in [-0.15, -0.1) is 5.10 Å². The number of nitrogens with zero attached hydrogens (tertiary/aromatic N) is 5. The van der Waals surface area contributed by atoms with Crippen molar-refractivity contribution in [1.82, 2.24) is 24.9 Å². The Kier molecular flexibility index (Phi) is 5.65. The minimum Gasteiger partial charge on any atom is -0.505 e. The molecule has 166 valence electrons. The molecule has 0 bridgehead atoms. The predicted octanol–water partition coefficient (Wildman–Crippen LogP) is 2.85. The molecule has 2 aromatic rings. The summed E-state index contributed by atoms with van der Waals surface area (Å²) in [4.78, 5) is 18.9. The van der Waals surface area contributed by atoms with Crippen LogP contribution in [0.15, 0.2) is 24.5 Å². The molecule has 0 spiro atoms. The summed E-state index contributed by atoms with van der Waals surface area (Å²) in [5, 5.41) is 18.9. The van der Waals surface area contributed by atoms with Gasteiger partial charge in [0.15, 0.2) is 5.69 Å². The van der Waals surface area contributed by atoms with Crippen LogP contribution in [0.25, 0.3) is 0 Å². The summed E-state index contributed by atoms with van der Waals surface area (Å²) in [6.07, 6.45) is 10.1. The fourth-order valence-electron chi connectivity index (χ4n) is 5.12. The fraction of sp³-hybridized carbons (Fsp3) is 0.652. The highest BCUT2D eigenvalue weighted by molar-refractivity contribution is 5.95. The number of aromatic hydroxyl groups is 1. The molecule has 2 aromatic heterocycles. The summed E-state index contributed by atoms with van der Waals surface area (Å²) >= 11 is 0. The van der Waals surface area contributed by atoms with Gasteiger partial charge in [-0.05, 0) is 62.0 Å². The van der Waals surface area contributed by atoms with Crippen LogP contribution in [0.4, 0.5) is 0 Å². The number of amides is 1. The third-order valence-electron chi connectivity index (χ3n) is 7.01. The Balaban J connectivity index is 1.32. The molecule has 3 heterocycles. The zero-order valence-corrected chi connectivity index (χ0v) is 18.1. The Hall–Kier alpha value is -2.48. The third-order valence-corrected chi connectivity index (χ3v) is 7.01. The first-order chi connectivity index (χ1) is 15.1. The topological polar surface area (TPSA) is 93.4 Å². The molecule has 1 saturated heterocycles. The van der Waals surface area contributed by atoms with Gasteiger partial charge in [0.05, 0.1) is 17.8 Å². The maximum absolute atomic E-state index is 13.0. The molecule has 3 fully saturated rings. The van der Waals surface area contributed by atoms with E-state index in [4.69, 9.17) is 4.74 Å². The van der Waals surface area contributed by atoms with Crippen LogP contribution in [-0.4, -0.2) is 61.7 Å². The van der Waals surface area contributed by atoms with Gasteiger partial charge in [-0.2, -0.15) is 0 Å². The monoisotopic (exact) mass is 425 g/mol. The van der Waals surface area contributed by atoms with Gasteiger partial charge in [-0.3, -0.25) is 4.79 Å². The molecule has 1 aliphatic heterocycles. The van der Waals surface area contributed by atoms with Gasteiger partial charge in [0.2, 0.25) is 0 Å². The molecule has 3 aliphatic rings. The molecular weight excluding hydrogens is 394 g/mol. The van der Waals surface area contributed by atoms with Crippen LogP contribution in [0.1, 0.15) is 61.3 Å². The number of fused-ring (bicyclic) bond motifs is 1. The third kappa shape index (κ3) is 4.31. The lowest BCUT2D eigenvalue weighted by Gasteiger charge is -2.37. The Bertz CT molecular complexity index is 927. The zero-order chi connectivity index (χ0) is 21.4. The summed E-state index contributed by atoms with van der Waals surface area (Å²) < 4.78 is 8.41. The summed E-state index contributed by atoms with van der Waals surface area (Å²) in [5.41, 5.74) is 1.17. The molecule has 1 amide bonds. The van der Waals surface area contributed by atoms with E-state index in [-0.39, 0.29) is 29.5 Å². The van der Waals surface area contributed by atoms with Crippen molar-refractivity contribution in [2.75, 3.05) is 19.7 Å². The lowest BCUT2D eigenvalue weighted by Crippen LogP contribution is -2.38. The lowest BCUT2D eigenvalue weighted by atomic mass is 9.77. The average Bonchev–Trinajstić information content (AvgIpc) is 3.32. The molecule has 2 aliphatic carbocycles. The minimum atomic E-state index is -0.189. The van der Waals surface area contributed by atoms with Crippen LogP contribution in [0.5, 0.6) is 5.75 Å². The molecule has 5 rings (SSSR count). The van der Waals surface area contributed by atoms with E-state index in [0.717, 1.165) is 38.0 Å². The number of hydrogen-bond acceptors (Lipinski definition) is 6. The highest BCUT2D eigenvalue weighted by Gasteiger charge is 2.45. The Labute approximate surface area is 182 Å². The van der Waals surface area contributed by atoms with E-state index in [1.54, 1.807) is 12.3 Å². The molecule has 0 aromatic carbocycles. The number of pyridine rings is 1. The van der Waals surface area contributed by atoms with E-state index < -0.39 is 0 Å². The molecule has 0 radical (unpaired) electrons. The quantitative estimate of drug-likeness (QED) is 0.733. The Morgan fingerprint density at radius 2 is 2.06 bits per heavy atom. The predicted molar refractivity (Wildman–Crippen MR) is 114 cm³/mol. The number of hydrogen-bond donors (Lipinski definition) is 1. The normalized spacial score (nSPS) is 28.0. The van der Waals surface area contributed by atoms with Crippen LogP contribution in [-0.2, 0) is 11.2 Å². The van der Waals surface area contributed by atoms with Crippen molar-refractivity contribution in [3.8, 4) is 5.75 Å². The van der Waals surface area contributed by atoms with Gasteiger partial charge < -0.3 is 14.7 Å². The molecule has 8 nitrogen and oxygen atoms in total. The Morgan fingerprint density at radius 3 is 2.81 bits per heavy atom. The highest BCUT2D eigenvalue weighted by Crippen LogP contribution is 2.43. The number of ether oxygens (including phenoxy) is 1. The molecule has 0 unspecified atom stereocenters. The average molecular weight is 426 g/mol. The molecule has 8 heteroatoms. The van der Waals surface area contributed by atoms with Gasteiger partial charge in [-0.25, -0.2) is 9.67 Å². The number of rotatable bonds is 7. The first-order valence-corrected chi connectivity index (χ1v) is 11.6. The standard InChI is InChI=1S/C23H31N5O3/c1-2-4-18-13-28(26-25-18)19-9-16-11-27(23(30)22-20(29)5-3-8-24-22)12-17(16)10-21(19)31-14-15-6-7-15/h3,5,8,13,15-17,19,21,29H,2,4,6-7,9-12,14H2,1H3/t16-,17+,19-,21-/m1/s1. The van der Waals surface area contributed by atoms with Crippen molar-refractivity contribution < 1.29 is 14.6 Å². The summed E-state index contributed by atoms with van der Waals surface area (Å²) in [6.45, 7) is 4.34. The van der Waals surface area contributed by atoms with Crippen molar-refractivity contribution in [2.45, 2.75) is 57.6 Å². The number of carbonyl (C=O) groups excluding carboxylic acids is 1. The van der Waals surface area contributed by atoms with Crippen LogP contribution in [0, 0.1) is 17.8 Å². The van der Waals surface area contributed by atoms with E-state index >= 15 is 0 Å². The van der Waals surface area contributed by atoms with Gasteiger partial charge in [0, 0.05) is 32.1 Å². The van der Waals surface area contributed by atoms with Gasteiger partial charge in [0.25, 0.3) is 5.91 Å². The minimum absolute atomic E-state index is 0.0584. The van der Waals surface area contributed by atoms with Crippen molar-refractivity contribution in [3.05, 3.63) is 35.9 Å². The van der Waals surface area contributed by atoms with Crippen molar-refractivity contribution >= 4 is 5.91 Å². The fourth-order valence-corrected chi connectivity index (χ4v) is 5.12. The molecular formula is C23H31N5O3. The maximum atomic E-state index is 13.0. The number of aromatic nitrogens is 4. The molecule has 31 heavy (non-hydrogen) atoms. The van der Waals surface area contributed by atoms with Crippen LogP contribution >= 0.6 is 0 Å². The maximum Gasteiger partial charge on any atom is 0.276 e. The van der Waals surface area contributed by atoms with E-state index in [1.807, 2.05) is 9.58 Å². The summed E-state index contributed by atoms with van der Waals surface area (Å²) in [6, 6.07) is 3.30. The van der Waals surface area contributed by atoms with Gasteiger partial charge >= 0.3 is 0 Å². The van der Waals surface area contributed by atoms with Crippen LogP contribution < -0.4 is 0 Å². The van der Waals surface area contributed by atoms with E-state index in [1.165, 1.54) is 18.9 Å². The molecule has 2 saturated carbocycles. The van der Waals surface area contributed by atoms with Gasteiger partial charge in [-0.1, -0.05) is 18.6 Å². The molecule has 4 atom stereocenters. The number of likely N-dealkylation sites (tertiary alicyclic amines) is 1. The summed E-state index contributed by atoms with van der Waals surface area (Å²) in [5.74, 6) is 1.24. The van der Waals surface area contributed by atoms with Crippen LogP contribution in [0.3, 0.4) is 0 Å². The first kappa shape index (κ1) is 20.4. The van der Waals surface area contributed by atoms with Crippen molar-refractivity contribution in [3.63, 3.8) is 0 Å². The second-order valence-corrected chi connectivity index (χ2v) is 9.40. The Morgan fingerprint density at radius 1 is 1.26 bits per heavy atom. The van der Waals surface area contributed by atoms with Crippen molar-refractivity contribution in [2.24, 2.45) is 17.8 Å². The van der Waals surface area contributed by atoms with Gasteiger partial charge in [0.1, 0.15) is 5.75 Å². The zero-order valence-electron chi connectivity index (χ0n) is 18.1. The molecule has 1 N–H and O–H groups in total. The SMILES string of the molecule is CCCc1cn([C@@H]2C[C@@H]3CN(C(=O)c4ncccc4O)C[C@@H]3C[C@H]2OCC2CC2)nn1. The van der Waals surface area contributed by atoms with E-state index in [9.17, 15) is 9.90 Å². The smallest absolute Gasteiger partial charge is 0.276 e. The van der Waals surface area contributed by atoms with Crippen LogP contribution in [0.2, 0.25) is 0 Å². The lowest BCUT2D eigenvalue weighted by molar-refractivity contribution is -0.0375. The second-order valence-electron chi connectivity index (χ2n) is 9.40. The van der Waals surface area contributed by atoms with E-state index in [0.29, 0.717) is 30.8 Å².